The van der Waals surface area contributed by atoms with Crippen molar-refractivity contribution in [1.29, 1.82) is 0 Å². The van der Waals surface area contributed by atoms with E-state index in [0.717, 1.165) is 18.0 Å². The van der Waals surface area contributed by atoms with Crippen LogP contribution in [0.3, 0.4) is 0 Å². The Bertz CT molecular complexity index is 420. The van der Waals surface area contributed by atoms with Gasteiger partial charge in [-0.1, -0.05) is 6.07 Å². The molecule has 1 saturated heterocycles. The van der Waals surface area contributed by atoms with Crippen molar-refractivity contribution in [2.24, 2.45) is 5.92 Å². The van der Waals surface area contributed by atoms with Gasteiger partial charge in [-0.2, -0.15) is 0 Å². The molecule has 20 heavy (non-hydrogen) atoms. The first-order valence-corrected chi connectivity index (χ1v) is 7.17. The number of anilines is 2. The standard InChI is InChI=1S/C15H23N3.2ClH/c16-14-6-1-7-15-13(14)5-3-9-18(15)11-12-4-2-8-17-10-12;;/h1,6-7,12,17H,2-5,8-11,16H2;2*1H. The lowest BCUT2D eigenvalue weighted by Crippen LogP contribution is -2.40. The fourth-order valence-electron chi connectivity index (χ4n) is 3.31. The molecule has 2 aliphatic heterocycles. The molecule has 3 N–H and O–H groups in total. The molecule has 1 aromatic rings. The highest BCUT2D eigenvalue weighted by Crippen LogP contribution is 2.32. The molecular weight excluding hydrogens is 293 g/mol. The van der Waals surface area contributed by atoms with Gasteiger partial charge in [0.2, 0.25) is 0 Å². The van der Waals surface area contributed by atoms with Crippen LogP contribution in [-0.2, 0) is 6.42 Å². The second kappa shape index (κ2) is 7.96. The third kappa shape index (κ3) is 3.72. The third-order valence-electron chi connectivity index (χ3n) is 4.26. The summed E-state index contributed by atoms with van der Waals surface area (Å²) in [6, 6.07) is 6.36. The lowest BCUT2D eigenvalue weighted by molar-refractivity contribution is 0.374. The van der Waals surface area contributed by atoms with Gasteiger partial charge >= 0.3 is 0 Å². The molecule has 0 aliphatic carbocycles. The average Bonchev–Trinajstić information content (AvgIpc) is 2.41. The first-order valence-electron chi connectivity index (χ1n) is 7.17. The Hall–Kier alpha value is -0.640. The largest absolute Gasteiger partial charge is 0.398 e. The zero-order valence-corrected chi connectivity index (χ0v) is 13.4. The number of piperidine rings is 1. The molecule has 2 aliphatic rings. The first-order chi connectivity index (χ1) is 8.84. The molecule has 1 atom stereocenters. The van der Waals surface area contributed by atoms with Crippen LogP contribution in [0.25, 0.3) is 0 Å². The Kier molecular flexibility index (Phi) is 6.93. The fourth-order valence-corrected chi connectivity index (χ4v) is 3.31. The van der Waals surface area contributed by atoms with Crippen molar-refractivity contribution >= 4 is 36.2 Å². The van der Waals surface area contributed by atoms with Crippen molar-refractivity contribution < 1.29 is 0 Å². The van der Waals surface area contributed by atoms with Crippen LogP contribution in [0, 0.1) is 5.92 Å². The summed E-state index contributed by atoms with van der Waals surface area (Å²) in [4.78, 5) is 2.55. The molecule has 114 valence electrons. The van der Waals surface area contributed by atoms with E-state index in [1.807, 2.05) is 6.07 Å². The molecule has 0 spiro atoms. The second-order valence-corrected chi connectivity index (χ2v) is 5.61. The highest BCUT2D eigenvalue weighted by Gasteiger charge is 2.22. The van der Waals surface area contributed by atoms with Crippen LogP contribution in [-0.4, -0.2) is 26.2 Å². The SMILES string of the molecule is Cl.Cl.Nc1cccc2c1CCCN2CC1CCCNC1. The highest BCUT2D eigenvalue weighted by molar-refractivity contribution is 5.85. The number of nitrogen functional groups attached to an aromatic ring is 1. The topological polar surface area (TPSA) is 41.3 Å². The Labute approximate surface area is 134 Å². The van der Waals surface area contributed by atoms with E-state index in [9.17, 15) is 0 Å². The number of nitrogens with zero attached hydrogens (tertiary/aromatic N) is 1. The number of nitrogens with one attached hydrogen (secondary N) is 1. The van der Waals surface area contributed by atoms with Gasteiger partial charge in [0.15, 0.2) is 0 Å². The predicted octanol–water partition coefficient (Wildman–Crippen LogP) is 2.86. The van der Waals surface area contributed by atoms with Gasteiger partial charge in [-0.25, -0.2) is 0 Å². The van der Waals surface area contributed by atoms with Gasteiger partial charge < -0.3 is 16.0 Å². The first kappa shape index (κ1) is 17.4. The van der Waals surface area contributed by atoms with E-state index in [1.54, 1.807) is 0 Å². The van der Waals surface area contributed by atoms with Crippen LogP contribution in [0.4, 0.5) is 11.4 Å². The molecule has 3 rings (SSSR count). The Morgan fingerprint density at radius 3 is 2.85 bits per heavy atom. The molecule has 1 unspecified atom stereocenters. The average molecular weight is 318 g/mol. The minimum atomic E-state index is 0. The van der Waals surface area contributed by atoms with Gasteiger partial charge in [0, 0.05) is 24.5 Å². The van der Waals surface area contributed by atoms with Crippen molar-refractivity contribution in [1.82, 2.24) is 5.32 Å². The maximum absolute atomic E-state index is 6.10. The van der Waals surface area contributed by atoms with E-state index in [-0.39, 0.29) is 24.8 Å². The summed E-state index contributed by atoms with van der Waals surface area (Å²) < 4.78 is 0. The van der Waals surface area contributed by atoms with Gasteiger partial charge in [0.25, 0.3) is 0 Å². The van der Waals surface area contributed by atoms with Crippen LogP contribution in [0.5, 0.6) is 0 Å². The van der Waals surface area contributed by atoms with Crippen molar-refractivity contribution in [2.75, 3.05) is 36.8 Å². The van der Waals surface area contributed by atoms with Gasteiger partial charge in [-0.05, 0) is 62.4 Å². The van der Waals surface area contributed by atoms with E-state index in [1.165, 1.54) is 56.7 Å². The van der Waals surface area contributed by atoms with Crippen LogP contribution in [0.2, 0.25) is 0 Å². The normalized spacial score (nSPS) is 21.4. The Morgan fingerprint density at radius 2 is 2.10 bits per heavy atom. The van der Waals surface area contributed by atoms with Gasteiger partial charge in [-0.15, -0.1) is 24.8 Å². The van der Waals surface area contributed by atoms with E-state index in [4.69, 9.17) is 5.73 Å². The smallest absolute Gasteiger partial charge is 0.0419 e. The van der Waals surface area contributed by atoms with Gasteiger partial charge in [-0.3, -0.25) is 0 Å². The number of fused-ring (bicyclic) bond motifs is 1. The Morgan fingerprint density at radius 1 is 1.25 bits per heavy atom. The van der Waals surface area contributed by atoms with Crippen LogP contribution in [0.15, 0.2) is 18.2 Å². The molecule has 2 heterocycles. The summed E-state index contributed by atoms with van der Waals surface area (Å²) in [7, 11) is 0. The number of halogens is 2. The lowest BCUT2D eigenvalue weighted by atomic mass is 9.95. The maximum Gasteiger partial charge on any atom is 0.0419 e. The summed E-state index contributed by atoms with van der Waals surface area (Å²) in [6.45, 7) is 4.74. The minimum absolute atomic E-state index is 0. The fraction of sp³-hybridized carbons (Fsp3) is 0.600. The zero-order valence-electron chi connectivity index (χ0n) is 11.8. The van der Waals surface area contributed by atoms with Crippen molar-refractivity contribution in [3.63, 3.8) is 0 Å². The van der Waals surface area contributed by atoms with E-state index >= 15 is 0 Å². The predicted molar refractivity (Wildman–Crippen MR) is 91.5 cm³/mol. The monoisotopic (exact) mass is 317 g/mol. The van der Waals surface area contributed by atoms with Crippen LogP contribution >= 0.6 is 24.8 Å². The van der Waals surface area contributed by atoms with Gasteiger partial charge in [0.1, 0.15) is 0 Å². The van der Waals surface area contributed by atoms with Crippen molar-refractivity contribution in [3.8, 4) is 0 Å². The van der Waals surface area contributed by atoms with E-state index in [0.29, 0.717) is 0 Å². The van der Waals surface area contributed by atoms with Gasteiger partial charge in [0.05, 0.1) is 0 Å². The lowest BCUT2D eigenvalue weighted by Gasteiger charge is -2.36. The summed E-state index contributed by atoms with van der Waals surface area (Å²) in [5.74, 6) is 0.797. The third-order valence-corrected chi connectivity index (χ3v) is 4.26. The number of hydrogen-bond acceptors (Lipinski definition) is 3. The molecule has 1 fully saturated rings. The zero-order chi connectivity index (χ0) is 12.4. The molecule has 0 saturated carbocycles. The van der Waals surface area contributed by atoms with E-state index < -0.39 is 0 Å². The van der Waals surface area contributed by atoms with Crippen molar-refractivity contribution in [3.05, 3.63) is 23.8 Å². The Balaban J connectivity index is 0.000001000. The summed E-state index contributed by atoms with van der Waals surface area (Å²) >= 11 is 0. The van der Waals surface area contributed by atoms with Crippen LogP contribution in [0.1, 0.15) is 24.8 Å². The molecule has 1 aromatic carbocycles. The summed E-state index contributed by atoms with van der Waals surface area (Å²) in [5.41, 5.74) is 9.82. The molecule has 5 heteroatoms. The maximum atomic E-state index is 6.10. The second-order valence-electron chi connectivity index (χ2n) is 5.61. The number of hydrogen-bond donors (Lipinski definition) is 2. The number of nitrogens with two attached hydrogens (primary N) is 1. The molecule has 0 radical (unpaired) electrons. The minimum Gasteiger partial charge on any atom is -0.398 e. The van der Waals surface area contributed by atoms with E-state index in [2.05, 4.69) is 22.3 Å². The molecule has 0 amide bonds. The highest BCUT2D eigenvalue weighted by atomic mass is 35.5. The summed E-state index contributed by atoms with van der Waals surface area (Å²) in [6.07, 6.45) is 5.06. The molecule has 3 nitrogen and oxygen atoms in total. The molecular formula is C15H25Cl2N3. The molecule has 0 bridgehead atoms. The van der Waals surface area contributed by atoms with Crippen molar-refractivity contribution in [2.45, 2.75) is 25.7 Å². The van der Waals surface area contributed by atoms with Crippen LogP contribution < -0.4 is 16.0 Å². The number of benzene rings is 1. The summed E-state index contributed by atoms with van der Waals surface area (Å²) in [5, 5.41) is 3.51. The number of rotatable bonds is 2. The quantitative estimate of drug-likeness (QED) is 0.824. The molecule has 0 aromatic heterocycles.